The summed E-state index contributed by atoms with van der Waals surface area (Å²) in [6.45, 7) is 1.42. The summed E-state index contributed by atoms with van der Waals surface area (Å²) in [4.78, 5) is 15.2. The Balaban J connectivity index is 1.23. The van der Waals surface area contributed by atoms with Gasteiger partial charge in [0.25, 0.3) is 5.91 Å². The molecule has 0 bridgehead atoms. The first-order valence-electron chi connectivity index (χ1n) is 11.0. The molecule has 29 heavy (non-hydrogen) atoms. The second kappa shape index (κ2) is 8.05. The Labute approximate surface area is 172 Å². The van der Waals surface area contributed by atoms with Gasteiger partial charge in [-0.15, -0.1) is 0 Å². The molecule has 5 nitrogen and oxygen atoms in total. The Hall–Kier alpha value is -2.56. The lowest BCUT2D eigenvalue weighted by Crippen LogP contribution is -2.33. The summed E-state index contributed by atoms with van der Waals surface area (Å²) in [7, 11) is 0. The quantitative estimate of drug-likeness (QED) is 0.710. The first kappa shape index (κ1) is 18.5. The van der Waals surface area contributed by atoms with E-state index in [4.69, 9.17) is 4.74 Å². The highest BCUT2D eigenvalue weighted by molar-refractivity contribution is 5.94. The Bertz CT molecular complexity index is 895. The molecular weight excluding hydrogens is 362 g/mol. The second-order valence-corrected chi connectivity index (χ2v) is 8.65. The van der Waals surface area contributed by atoms with Crippen LogP contribution in [0.15, 0.2) is 36.4 Å². The fourth-order valence-corrected chi connectivity index (χ4v) is 4.49. The van der Waals surface area contributed by atoms with Crippen LogP contribution in [0.4, 0.5) is 0 Å². The molecule has 152 valence electrons. The highest BCUT2D eigenvalue weighted by Crippen LogP contribution is 2.32. The van der Waals surface area contributed by atoms with Crippen LogP contribution in [0.5, 0.6) is 5.75 Å². The summed E-state index contributed by atoms with van der Waals surface area (Å²) in [6.07, 6.45) is 13.3. The lowest BCUT2D eigenvalue weighted by Gasteiger charge is -2.22. The molecule has 1 fully saturated rings. The van der Waals surface area contributed by atoms with Crippen LogP contribution in [-0.4, -0.2) is 33.7 Å². The number of aromatic nitrogens is 2. The zero-order chi connectivity index (χ0) is 19.6. The number of hydrogen-bond acceptors (Lipinski definition) is 3. The molecule has 0 aliphatic heterocycles. The summed E-state index contributed by atoms with van der Waals surface area (Å²) >= 11 is 0. The van der Waals surface area contributed by atoms with Gasteiger partial charge in [-0.3, -0.25) is 9.89 Å². The number of allylic oxidation sites excluding steroid dienone is 2. The van der Waals surface area contributed by atoms with E-state index in [2.05, 4.69) is 34.5 Å². The fourth-order valence-electron chi connectivity index (χ4n) is 4.49. The Morgan fingerprint density at radius 1 is 1.14 bits per heavy atom. The van der Waals surface area contributed by atoms with E-state index in [1.807, 2.05) is 17.0 Å². The van der Waals surface area contributed by atoms with Gasteiger partial charge in [0.2, 0.25) is 0 Å². The molecule has 1 amide bonds. The van der Waals surface area contributed by atoms with Crippen LogP contribution >= 0.6 is 0 Å². The molecule has 0 spiro atoms. The van der Waals surface area contributed by atoms with Crippen LogP contribution < -0.4 is 4.74 Å². The molecule has 1 saturated carbocycles. The van der Waals surface area contributed by atoms with Crippen LogP contribution in [0.25, 0.3) is 0 Å². The molecule has 2 aromatic rings. The lowest BCUT2D eigenvalue weighted by molar-refractivity contribution is 0.0723. The highest BCUT2D eigenvalue weighted by Gasteiger charge is 2.36. The maximum atomic E-state index is 13.2. The van der Waals surface area contributed by atoms with Gasteiger partial charge >= 0.3 is 0 Å². The number of carbonyl (C=O) groups is 1. The van der Waals surface area contributed by atoms with Gasteiger partial charge < -0.3 is 9.64 Å². The van der Waals surface area contributed by atoms with E-state index in [9.17, 15) is 4.79 Å². The van der Waals surface area contributed by atoms with E-state index in [1.165, 1.54) is 6.42 Å². The standard InChI is InChI=1S/C24H29N3O2/c28-24(23-21-7-4-8-22(21)25-26-23)27(19-11-12-19)15-17-9-13-20(14-10-17)29-16-18-5-2-1-3-6-18/h1-2,9-10,13-14,18-19H,3-8,11-12,15-16H2,(H,25,26)/t18-/m1/s1. The summed E-state index contributed by atoms with van der Waals surface area (Å²) < 4.78 is 5.99. The normalized spacial score (nSPS) is 20.5. The van der Waals surface area contributed by atoms with Crippen molar-refractivity contribution in [3.63, 3.8) is 0 Å². The highest BCUT2D eigenvalue weighted by atomic mass is 16.5. The minimum Gasteiger partial charge on any atom is -0.493 e. The van der Waals surface area contributed by atoms with Crippen molar-refractivity contribution >= 4 is 5.91 Å². The van der Waals surface area contributed by atoms with Gasteiger partial charge in [0, 0.05) is 23.8 Å². The fraction of sp³-hybridized carbons (Fsp3) is 0.500. The Kier molecular flexibility index (Phi) is 5.13. The van der Waals surface area contributed by atoms with Gasteiger partial charge in [-0.25, -0.2) is 0 Å². The van der Waals surface area contributed by atoms with Crippen molar-refractivity contribution in [2.45, 2.75) is 64.0 Å². The smallest absolute Gasteiger partial charge is 0.275 e. The van der Waals surface area contributed by atoms with Gasteiger partial charge in [-0.1, -0.05) is 24.3 Å². The maximum Gasteiger partial charge on any atom is 0.275 e. The molecule has 1 atom stereocenters. The van der Waals surface area contributed by atoms with Gasteiger partial charge in [-0.2, -0.15) is 5.10 Å². The van der Waals surface area contributed by atoms with E-state index in [0.717, 1.165) is 74.1 Å². The van der Waals surface area contributed by atoms with E-state index in [1.54, 1.807) is 0 Å². The van der Waals surface area contributed by atoms with Crippen molar-refractivity contribution in [3.05, 3.63) is 58.9 Å². The zero-order valence-electron chi connectivity index (χ0n) is 16.9. The van der Waals surface area contributed by atoms with Crippen LogP contribution in [0.1, 0.15) is 65.8 Å². The molecule has 0 radical (unpaired) electrons. The number of carbonyl (C=O) groups excluding carboxylic acids is 1. The predicted molar refractivity (Wildman–Crippen MR) is 112 cm³/mol. The molecule has 1 heterocycles. The third-order valence-corrected chi connectivity index (χ3v) is 6.40. The molecule has 0 unspecified atom stereocenters. The average Bonchev–Trinajstić information content (AvgIpc) is 3.35. The largest absolute Gasteiger partial charge is 0.493 e. The van der Waals surface area contributed by atoms with Gasteiger partial charge in [-0.05, 0) is 75.0 Å². The topological polar surface area (TPSA) is 58.2 Å². The monoisotopic (exact) mass is 391 g/mol. The van der Waals surface area contributed by atoms with Gasteiger partial charge in [0.1, 0.15) is 5.75 Å². The van der Waals surface area contributed by atoms with Crippen LogP contribution in [0.2, 0.25) is 0 Å². The Morgan fingerprint density at radius 3 is 2.76 bits per heavy atom. The number of hydrogen-bond donors (Lipinski definition) is 1. The third kappa shape index (κ3) is 4.09. The number of nitrogens with zero attached hydrogens (tertiary/aromatic N) is 2. The van der Waals surface area contributed by atoms with Crippen LogP contribution in [0, 0.1) is 5.92 Å². The van der Waals surface area contributed by atoms with Gasteiger partial charge in [0.05, 0.1) is 6.61 Å². The van der Waals surface area contributed by atoms with E-state index < -0.39 is 0 Å². The number of fused-ring (bicyclic) bond motifs is 1. The Morgan fingerprint density at radius 2 is 2.00 bits per heavy atom. The number of rotatable bonds is 7. The van der Waals surface area contributed by atoms with Crippen LogP contribution in [-0.2, 0) is 19.4 Å². The number of aryl methyl sites for hydroxylation is 1. The predicted octanol–water partition coefficient (Wildman–Crippen LogP) is 4.44. The first-order valence-corrected chi connectivity index (χ1v) is 11.0. The number of benzene rings is 1. The molecule has 5 heteroatoms. The number of ether oxygens (including phenoxy) is 1. The maximum absolute atomic E-state index is 13.2. The summed E-state index contributed by atoms with van der Waals surface area (Å²) in [5.74, 6) is 1.62. The number of amides is 1. The molecular formula is C24H29N3O2. The summed E-state index contributed by atoms with van der Waals surface area (Å²) in [5, 5.41) is 7.43. The SMILES string of the molecule is O=C(c1n[nH]c2c1CCC2)N(Cc1ccc(OC[C@@H]2CC=CCC2)cc1)C1CC1. The lowest BCUT2D eigenvalue weighted by atomic mass is 9.95. The molecule has 3 aliphatic carbocycles. The van der Waals surface area contributed by atoms with E-state index in [0.29, 0.717) is 24.2 Å². The van der Waals surface area contributed by atoms with Gasteiger partial charge in [0.15, 0.2) is 5.69 Å². The van der Waals surface area contributed by atoms with E-state index in [-0.39, 0.29) is 5.91 Å². The molecule has 1 aromatic heterocycles. The third-order valence-electron chi connectivity index (χ3n) is 6.40. The van der Waals surface area contributed by atoms with Crippen molar-refractivity contribution in [3.8, 4) is 5.75 Å². The van der Waals surface area contributed by atoms with Crippen molar-refractivity contribution in [2.75, 3.05) is 6.61 Å². The average molecular weight is 392 g/mol. The number of nitrogens with one attached hydrogen (secondary N) is 1. The summed E-state index contributed by atoms with van der Waals surface area (Å²) in [6, 6.07) is 8.61. The first-order chi connectivity index (χ1) is 14.3. The van der Waals surface area contributed by atoms with Crippen molar-refractivity contribution in [2.24, 2.45) is 5.92 Å². The molecule has 0 saturated heterocycles. The minimum absolute atomic E-state index is 0.0811. The second-order valence-electron chi connectivity index (χ2n) is 8.65. The minimum atomic E-state index is 0.0811. The molecule has 1 aromatic carbocycles. The summed E-state index contributed by atoms with van der Waals surface area (Å²) in [5.41, 5.74) is 4.08. The number of aromatic amines is 1. The van der Waals surface area contributed by atoms with Crippen LogP contribution in [0.3, 0.4) is 0 Å². The van der Waals surface area contributed by atoms with E-state index >= 15 is 0 Å². The number of H-pyrrole nitrogens is 1. The molecule has 1 N–H and O–H groups in total. The zero-order valence-corrected chi connectivity index (χ0v) is 16.9. The van der Waals surface area contributed by atoms with Crippen molar-refractivity contribution < 1.29 is 9.53 Å². The van der Waals surface area contributed by atoms with Crippen molar-refractivity contribution in [1.82, 2.24) is 15.1 Å². The van der Waals surface area contributed by atoms with Crippen molar-refractivity contribution in [1.29, 1.82) is 0 Å². The molecule has 3 aliphatic rings. The molecule has 5 rings (SSSR count).